The predicted molar refractivity (Wildman–Crippen MR) is 58.5 cm³/mol. The molecule has 0 aliphatic heterocycles. The molecule has 2 atom stereocenters. The highest BCUT2D eigenvalue weighted by Gasteiger charge is 2.31. The quantitative estimate of drug-likeness (QED) is 0.807. The lowest BCUT2D eigenvalue weighted by Gasteiger charge is -2.34. The van der Waals surface area contributed by atoms with E-state index in [0.717, 1.165) is 12.0 Å². The van der Waals surface area contributed by atoms with Crippen LogP contribution in [0.25, 0.3) is 0 Å². The first-order valence-corrected chi connectivity index (χ1v) is 5.22. The van der Waals surface area contributed by atoms with Crippen molar-refractivity contribution in [3.63, 3.8) is 0 Å². The number of rotatable bonds is 2. The van der Waals surface area contributed by atoms with E-state index in [1.54, 1.807) is 12.5 Å². The molecular formula is C13H13NO. The molecule has 1 aromatic carbocycles. The number of hydrogen-bond acceptors (Lipinski definition) is 2. The minimum Gasteiger partial charge on any atom is -0.472 e. The smallest absolute Gasteiger partial charge is 0.0950 e. The van der Waals surface area contributed by atoms with Crippen molar-refractivity contribution < 1.29 is 4.42 Å². The summed E-state index contributed by atoms with van der Waals surface area (Å²) in [6.45, 7) is 0. The lowest BCUT2D eigenvalue weighted by molar-refractivity contribution is 0.490. The Balaban J connectivity index is 1.88. The van der Waals surface area contributed by atoms with Gasteiger partial charge in [0.25, 0.3) is 0 Å². The summed E-state index contributed by atoms with van der Waals surface area (Å²) in [6.07, 6.45) is 4.51. The van der Waals surface area contributed by atoms with Gasteiger partial charge in [0.2, 0.25) is 0 Å². The third-order valence-electron chi connectivity index (χ3n) is 3.26. The second-order valence-corrected chi connectivity index (χ2v) is 4.09. The van der Waals surface area contributed by atoms with Crippen LogP contribution < -0.4 is 5.73 Å². The summed E-state index contributed by atoms with van der Waals surface area (Å²) >= 11 is 0. The maximum absolute atomic E-state index is 6.20. The van der Waals surface area contributed by atoms with E-state index in [9.17, 15) is 0 Å². The number of benzene rings is 1. The fourth-order valence-electron chi connectivity index (χ4n) is 2.31. The first-order chi connectivity index (χ1) is 7.36. The van der Waals surface area contributed by atoms with Gasteiger partial charge in [-0.2, -0.15) is 0 Å². The molecule has 3 rings (SSSR count). The van der Waals surface area contributed by atoms with E-state index in [1.807, 2.05) is 6.07 Å². The second-order valence-electron chi connectivity index (χ2n) is 4.09. The van der Waals surface area contributed by atoms with Crippen molar-refractivity contribution in [1.82, 2.24) is 0 Å². The maximum Gasteiger partial charge on any atom is 0.0950 e. The molecule has 1 aliphatic carbocycles. The maximum atomic E-state index is 6.20. The summed E-state index contributed by atoms with van der Waals surface area (Å²) in [5.41, 5.74) is 10.1. The Hall–Kier alpha value is -1.54. The summed E-state index contributed by atoms with van der Waals surface area (Å²) in [5, 5.41) is 0. The fraction of sp³-hybridized carbons (Fsp3) is 0.231. The van der Waals surface area contributed by atoms with Gasteiger partial charge in [-0.1, -0.05) is 24.3 Å². The van der Waals surface area contributed by atoms with Crippen molar-refractivity contribution in [2.75, 3.05) is 0 Å². The van der Waals surface area contributed by atoms with Gasteiger partial charge in [0, 0.05) is 17.5 Å². The minimum atomic E-state index is 0.0682. The summed E-state index contributed by atoms with van der Waals surface area (Å²) in [6, 6.07) is 10.5. The Labute approximate surface area is 88.7 Å². The Morgan fingerprint density at radius 2 is 2.13 bits per heavy atom. The lowest BCUT2D eigenvalue weighted by atomic mass is 9.72. The van der Waals surface area contributed by atoms with Gasteiger partial charge in [-0.3, -0.25) is 0 Å². The molecule has 2 aromatic rings. The SMILES string of the molecule is NC(c1ccoc1)C1Cc2ccccc21. The molecule has 2 heteroatoms. The number of fused-ring (bicyclic) bond motifs is 1. The minimum absolute atomic E-state index is 0.0682. The number of nitrogens with two attached hydrogens (primary N) is 1. The molecule has 1 heterocycles. The van der Waals surface area contributed by atoms with Crippen LogP contribution in [0.5, 0.6) is 0 Å². The molecule has 0 spiro atoms. The molecule has 0 saturated carbocycles. The van der Waals surface area contributed by atoms with Gasteiger partial charge in [-0.15, -0.1) is 0 Å². The van der Waals surface area contributed by atoms with E-state index in [1.165, 1.54) is 11.1 Å². The van der Waals surface area contributed by atoms with Crippen molar-refractivity contribution in [1.29, 1.82) is 0 Å². The monoisotopic (exact) mass is 199 g/mol. The highest BCUT2D eigenvalue weighted by Crippen LogP contribution is 2.42. The summed E-state index contributed by atoms with van der Waals surface area (Å²) in [4.78, 5) is 0. The van der Waals surface area contributed by atoms with Crippen LogP contribution >= 0.6 is 0 Å². The van der Waals surface area contributed by atoms with Gasteiger partial charge in [0.1, 0.15) is 0 Å². The van der Waals surface area contributed by atoms with E-state index in [0.29, 0.717) is 5.92 Å². The normalized spacial score (nSPS) is 20.5. The van der Waals surface area contributed by atoms with Gasteiger partial charge < -0.3 is 10.2 Å². The molecule has 15 heavy (non-hydrogen) atoms. The van der Waals surface area contributed by atoms with Gasteiger partial charge in [0.15, 0.2) is 0 Å². The molecule has 1 aliphatic rings. The zero-order valence-corrected chi connectivity index (χ0v) is 8.39. The van der Waals surface area contributed by atoms with Gasteiger partial charge in [-0.25, -0.2) is 0 Å². The second kappa shape index (κ2) is 3.24. The van der Waals surface area contributed by atoms with Gasteiger partial charge in [-0.05, 0) is 23.6 Å². The largest absolute Gasteiger partial charge is 0.472 e. The van der Waals surface area contributed by atoms with Crippen molar-refractivity contribution in [2.45, 2.75) is 18.4 Å². The van der Waals surface area contributed by atoms with Crippen LogP contribution in [0, 0.1) is 0 Å². The van der Waals surface area contributed by atoms with E-state index in [-0.39, 0.29) is 6.04 Å². The highest BCUT2D eigenvalue weighted by atomic mass is 16.3. The van der Waals surface area contributed by atoms with Crippen molar-refractivity contribution in [3.8, 4) is 0 Å². The van der Waals surface area contributed by atoms with Crippen LogP contribution in [0.1, 0.15) is 28.7 Å². The molecular weight excluding hydrogens is 186 g/mol. The Kier molecular flexibility index (Phi) is 1.89. The average molecular weight is 199 g/mol. The van der Waals surface area contributed by atoms with E-state index in [4.69, 9.17) is 10.2 Å². The van der Waals surface area contributed by atoms with Crippen LogP contribution in [0.15, 0.2) is 47.3 Å². The van der Waals surface area contributed by atoms with Gasteiger partial charge >= 0.3 is 0 Å². The highest BCUT2D eigenvalue weighted by molar-refractivity contribution is 5.42. The first-order valence-electron chi connectivity index (χ1n) is 5.22. The summed E-state index contributed by atoms with van der Waals surface area (Å²) < 4.78 is 5.06. The predicted octanol–water partition coefficient (Wildman–Crippen LogP) is 2.62. The molecule has 2 nitrogen and oxygen atoms in total. The molecule has 0 radical (unpaired) electrons. The van der Waals surface area contributed by atoms with E-state index < -0.39 is 0 Å². The lowest BCUT2D eigenvalue weighted by Crippen LogP contribution is -2.28. The Bertz CT molecular complexity index is 461. The van der Waals surface area contributed by atoms with Crippen LogP contribution in [0.3, 0.4) is 0 Å². The molecule has 2 unspecified atom stereocenters. The molecule has 1 aromatic heterocycles. The average Bonchev–Trinajstić information content (AvgIpc) is 2.72. The zero-order chi connectivity index (χ0) is 10.3. The van der Waals surface area contributed by atoms with Crippen molar-refractivity contribution in [2.24, 2.45) is 5.73 Å². The van der Waals surface area contributed by atoms with Gasteiger partial charge in [0.05, 0.1) is 12.5 Å². The molecule has 0 bridgehead atoms. The molecule has 0 saturated heterocycles. The molecule has 0 fully saturated rings. The fourth-order valence-corrected chi connectivity index (χ4v) is 2.31. The first kappa shape index (κ1) is 8.74. The van der Waals surface area contributed by atoms with E-state index >= 15 is 0 Å². The van der Waals surface area contributed by atoms with Crippen LogP contribution in [0.4, 0.5) is 0 Å². The third-order valence-corrected chi connectivity index (χ3v) is 3.26. The van der Waals surface area contributed by atoms with Crippen LogP contribution in [-0.4, -0.2) is 0 Å². The summed E-state index contributed by atoms with van der Waals surface area (Å²) in [5.74, 6) is 0.457. The van der Waals surface area contributed by atoms with Crippen molar-refractivity contribution in [3.05, 3.63) is 59.5 Å². The summed E-state index contributed by atoms with van der Waals surface area (Å²) in [7, 11) is 0. The zero-order valence-electron chi connectivity index (χ0n) is 8.39. The topological polar surface area (TPSA) is 39.2 Å². The van der Waals surface area contributed by atoms with E-state index in [2.05, 4.69) is 24.3 Å². The standard InChI is InChI=1S/C13H13NO/c14-13(10-5-6-15-8-10)12-7-9-3-1-2-4-11(9)12/h1-6,8,12-13H,7,14H2. The third kappa shape index (κ3) is 1.29. The molecule has 0 amide bonds. The number of furan rings is 1. The Morgan fingerprint density at radius 1 is 1.27 bits per heavy atom. The van der Waals surface area contributed by atoms with Crippen LogP contribution in [0.2, 0.25) is 0 Å². The molecule has 2 N–H and O–H groups in total. The van der Waals surface area contributed by atoms with Crippen molar-refractivity contribution >= 4 is 0 Å². The Morgan fingerprint density at radius 3 is 2.87 bits per heavy atom. The number of hydrogen-bond donors (Lipinski definition) is 1. The van der Waals surface area contributed by atoms with Crippen LogP contribution in [-0.2, 0) is 6.42 Å². The molecule has 76 valence electrons.